The quantitative estimate of drug-likeness (QED) is 0.899. The number of aromatic nitrogens is 1. The SMILES string of the molecule is COc1ccc(C)cc1NC(=O)C1CCN(c2ccc(Cl)cn2)CC1. The monoisotopic (exact) mass is 359 g/mol. The fourth-order valence-corrected chi connectivity index (χ4v) is 3.19. The van der Waals surface area contributed by atoms with E-state index < -0.39 is 0 Å². The van der Waals surface area contributed by atoms with Gasteiger partial charge in [0.2, 0.25) is 5.91 Å². The molecule has 1 amide bonds. The van der Waals surface area contributed by atoms with Crippen molar-refractivity contribution in [1.29, 1.82) is 0 Å². The number of anilines is 2. The molecule has 2 aromatic rings. The van der Waals surface area contributed by atoms with Gasteiger partial charge >= 0.3 is 0 Å². The molecule has 0 aliphatic carbocycles. The highest BCUT2D eigenvalue weighted by Crippen LogP contribution is 2.28. The number of hydrogen-bond donors (Lipinski definition) is 1. The van der Waals surface area contributed by atoms with Gasteiger partial charge in [0.25, 0.3) is 0 Å². The molecule has 0 radical (unpaired) electrons. The molecule has 25 heavy (non-hydrogen) atoms. The van der Waals surface area contributed by atoms with Crippen molar-refractivity contribution in [2.24, 2.45) is 5.92 Å². The molecule has 1 saturated heterocycles. The number of ether oxygens (including phenoxy) is 1. The third-order valence-corrected chi connectivity index (χ3v) is 4.74. The highest BCUT2D eigenvalue weighted by Gasteiger charge is 2.26. The van der Waals surface area contributed by atoms with Crippen LogP contribution >= 0.6 is 11.6 Å². The van der Waals surface area contributed by atoms with Crippen LogP contribution in [0.5, 0.6) is 5.75 Å². The van der Waals surface area contributed by atoms with Crippen LogP contribution in [0.25, 0.3) is 0 Å². The van der Waals surface area contributed by atoms with Crippen LogP contribution in [-0.2, 0) is 4.79 Å². The number of rotatable bonds is 4. The number of halogens is 1. The number of nitrogens with one attached hydrogen (secondary N) is 1. The molecule has 1 aromatic heterocycles. The van der Waals surface area contributed by atoms with E-state index in [1.165, 1.54) is 0 Å². The van der Waals surface area contributed by atoms with E-state index in [1.807, 2.05) is 37.3 Å². The lowest BCUT2D eigenvalue weighted by molar-refractivity contribution is -0.120. The number of hydrogen-bond acceptors (Lipinski definition) is 4. The van der Waals surface area contributed by atoms with Gasteiger partial charge in [-0.3, -0.25) is 4.79 Å². The van der Waals surface area contributed by atoms with Crippen molar-refractivity contribution in [2.75, 3.05) is 30.4 Å². The van der Waals surface area contributed by atoms with Crippen LogP contribution < -0.4 is 15.0 Å². The van der Waals surface area contributed by atoms with E-state index in [2.05, 4.69) is 15.2 Å². The molecule has 1 N–H and O–H groups in total. The number of piperidine rings is 1. The van der Waals surface area contributed by atoms with Gasteiger partial charge in [-0.25, -0.2) is 4.98 Å². The third kappa shape index (κ3) is 4.23. The molecule has 1 aromatic carbocycles. The van der Waals surface area contributed by atoms with Crippen LogP contribution in [0.2, 0.25) is 5.02 Å². The van der Waals surface area contributed by atoms with E-state index in [-0.39, 0.29) is 11.8 Å². The Bertz CT molecular complexity index is 741. The average Bonchev–Trinajstić information content (AvgIpc) is 2.63. The summed E-state index contributed by atoms with van der Waals surface area (Å²) in [5.74, 6) is 1.63. The Kier molecular flexibility index (Phi) is 5.43. The summed E-state index contributed by atoms with van der Waals surface area (Å²) in [6, 6.07) is 9.53. The summed E-state index contributed by atoms with van der Waals surface area (Å²) in [5, 5.41) is 3.65. The maximum Gasteiger partial charge on any atom is 0.227 e. The van der Waals surface area contributed by atoms with Crippen LogP contribution in [0, 0.1) is 12.8 Å². The second-order valence-electron chi connectivity index (χ2n) is 6.29. The Morgan fingerprint density at radius 2 is 2.04 bits per heavy atom. The summed E-state index contributed by atoms with van der Waals surface area (Å²) in [5.41, 5.74) is 1.81. The molecule has 132 valence electrons. The van der Waals surface area contributed by atoms with E-state index in [4.69, 9.17) is 16.3 Å². The number of pyridine rings is 1. The van der Waals surface area contributed by atoms with Crippen molar-refractivity contribution in [3.8, 4) is 5.75 Å². The number of amides is 1. The number of aryl methyl sites for hydroxylation is 1. The fraction of sp³-hybridized carbons (Fsp3) is 0.368. The molecule has 1 aliphatic rings. The van der Waals surface area contributed by atoms with Gasteiger partial charge in [0.05, 0.1) is 17.8 Å². The number of methoxy groups -OCH3 is 1. The summed E-state index contributed by atoms with van der Waals surface area (Å²) in [6.45, 7) is 3.60. The molecule has 3 rings (SSSR count). The van der Waals surface area contributed by atoms with Gasteiger partial charge < -0.3 is 15.0 Å². The summed E-state index contributed by atoms with van der Waals surface area (Å²) >= 11 is 5.88. The van der Waals surface area contributed by atoms with Crippen molar-refractivity contribution in [3.63, 3.8) is 0 Å². The minimum Gasteiger partial charge on any atom is -0.495 e. The summed E-state index contributed by atoms with van der Waals surface area (Å²) < 4.78 is 5.33. The summed E-state index contributed by atoms with van der Waals surface area (Å²) in [4.78, 5) is 19.2. The second kappa shape index (κ2) is 7.74. The Morgan fingerprint density at radius 3 is 2.68 bits per heavy atom. The van der Waals surface area contributed by atoms with Gasteiger partial charge in [-0.05, 0) is 49.6 Å². The Hall–Kier alpha value is -2.27. The molecular weight excluding hydrogens is 338 g/mol. The van der Waals surface area contributed by atoms with Crippen molar-refractivity contribution in [1.82, 2.24) is 4.98 Å². The maximum atomic E-state index is 12.6. The van der Waals surface area contributed by atoms with E-state index in [9.17, 15) is 4.79 Å². The number of carbonyl (C=O) groups excluding carboxylic acids is 1. The summed E-state index contributed by atoms with van der Waals surface area (Å²) in [7, 11) is 1.61. The fourth-order valence-electron chi connectivity index (χ4n) is 3.08. The molecule has 5 nitrogen and oxygen atoms in total. The van der Waals surface area contributed by atoms with Gasteiger partial charge in [0.1, 0.15) is 11.6 Å². The number of carbonyl (C=O) groups is 1. The molecular formula is C19H22ClN3O2. The van der Waals surface area contributed by atoms with Crippen LogP contribution in [0.15, 0.2) is 36.5 Å². The standard InChI is InChI=1S/C19H22ClN3O2/c1-13-3-5-17(25-2)16(11-13)22-19(24)14-7-9-23(10-8-14)18-6-4-15(20)12-21-18/h3-6,11-12,14H,7-10H2,1-2H3,(H,22,24). The Morgan fingerprint density at radius 1 is 1.28 bits per heavy atom. The zero-order valence-corrected chi connectivity index (χ0v) is 15.2. The molecule has 6 heteroatoms. The first-order chi connectivity index (χ1) is 12.1. The zero-order chi connectivity index (χ0) is 17.8. The van der Waals surface area contributed by atoms with Gasteiger partial charge in [-0.2, -0.15) is 0 Å². The Labute approximate surface area is 153 Å². The molecule has 0 spiro atoms. The minimum atomic E-state index is -0.00577. The molecule has 0 saturated carbocycles. The molecule has 0 bridgehead atoms. The molecule has 0 unspecified atom stereocenters. The summed E-state index contributed by atoms with van der Waals surface area (Å²) in [6.07, 6.45) is 3.24. The molecule has 1 fully saturated rings. The van der Waals surface area contributed by atoms with Crippen molar-refractivity contribution in [2.45, 2.75) is 19.8 Å². The van der Waals surface area contributed by atoms with Crippen molar-refractivity contribution >= 4 is 29.0 Å². The number of nitrogens with zero attached hydrogens (tertiary/aromatic N) is 2. The first-order valence-corrected chi connectivity index (χ1v) is 8.76. The van der Waals surface area contributed by atoms with E-state index >= 15 is 0 Å². The maximum absolute atomic E-state index is 12.6. The van der Waals surface area contributed by atoms with Crippen molar-refractivity contribution < 1.29 is 9.53 Å². The first kappa shape index (κ1) is 17.5. The predicted molar refractivity (Wildman–Crippen MR) is 101 cm³/mol. The van der Waals surface area contributed by atoms with Gasteiger partial charge in [-0.15, -0.1) is 0 Å². The molecule has 2 heterocycles. The lowest BCUT2D eigenvalue weighted by Gasteiger charge is -2.32. The van der Waals surface area contributed by atoms with Crippen LogP contribution in [0.1, 0.15) is 18.4 Å². The first-order valence-electron chi connectivity index (χ1n) is 8.39. The van der Waals surface area contributed by atoms with Crippen LogP contribution in [0.4, 0.5) is 11.5 Å². The highest BCUT2D eigenvalue weighted by atomic mass is 35.5. The normalized spacial score (nSPS) is 15.1. The average molecular weight is 360 g/mol. The minimum absolute atomic E-state index is 0.00577. The van der Waals surface area contributed by atoms with Crippen molar-refractivity contribution in [3.05, 3.63) is 47.1 Å². The van der Waals surface area contributed by atoms with E-state index in [0.29, 0.717) is 10.8 Å². The lowest BCUT2D eigenvalue weighted by Crippen LogP contribution is -2.38. The van der Waals surface area contributed by atoms with Gasteiger partial charge in [0.15, 0.2) is 0 Å². The van der Waals surface area contributed by atoms with Gasteiger partial charge in [-0.1, -0.05) is 17.7 Å². The van der Waals surface area contributed by atoms with Gasteiger partial charge in [0, 0.05) is 25.2 Å². The van der Waals surface area contributed by atoms with E-state index in [1.54, 1.807) is 13.3 Å². The zero-order valence-electron chi connectivity index (χ0n) is 14.5. The van der Waals surface area contributed by atoms with Crippen LogP contribution in [0.3, 0.4) is 0 Å². The molecule has 0 atom stereocenters. The highest BCUT2D eigenvalue weighted by molar-refractivity contribution is 6.30. The molecule has 1 aliphatic heterocycles. The largest absolute Gasteiger partial charge is 0.495 e. The third-order valence-electron chi connectivity index (χ3n) is 4.51. The van der Waals surface area contributed by atoms with Crippen LogP contribution in [-0.4, -0.2) is 31.1 Å². The lowest BCUT2D eigenvalue weighted by atomic mass is 9.95. The second-order valence-corrected chi connectivity index (χ2v) is 6.73. The topological polar surface area (TPSA) is 54.5 Å². The van der Waals surface area contributed by atoms with E-state index in [0.717, 1.165) is 43.0 Å². The smallest absolute Gasteiger partial charge is 0.227 e. The Balaban J connectivity index is 1.60. The number of benzene rings is 1. The predicted octanol–water partition coefficient (Wildman–Crippen LogP) is 3.91.